The minimum absolute atomic E-state index is 0.0535. The Kier molecular flexibility index (Phi) is 7.57. The van der Waals surface area contributed by atoms with Gasteiger partial charge in [0.15, 0.2) is 12.4 Å². The molecular formula is C20H20F3NO4. The number of carbonyl (C=O) groups excluding carboxylic acids is 2. The lowest BCUT2D eigenvalue weighted by molar-refractivity contribution is -0.176. The van der Waals surface area contributed by atoms with E-state index >= 15 is 0 Å². The van der Waals surface area contributed by atoms with Crippen LogP contribution in [0.2, 0.25) is 0 Å². The molecule has 1 amide bonds. The van der Waals surface area contributed by atoms with Crippen LogP contribution >= 0.6 is 0 Å². The summed E-state index contributed by atoms with van der Waals surface area (Å²) < 4.78 is 46.0. The molecule has 0 spiro atoms. The maximum absolute atomic E-state index is 12.0. The molecule has 2 rings (SSSR count). The molecule has 0 aliphatic carbocycles. The van der Waals surface area contributed by atoms with Crippen molar-refractivity contribution >= 4 is 11.7 Å². The molecule has 5 nitrogen and oxygen atoms in total. The number of hydrogen-bond donors (Lipinski definition) is 1. The average molecular weight is 395 g/mol. The molecule has 0 heterocycles. The average Bonchev–Trinajstić information content (AvgIpc) is 2.65. The Bertz CT molecular complexity index is 787. The van der Waals surface area contributed by atoms with Crippen molar-refractivity contribution in [1.82, 2.24) is 5.32 Å². The maximum atomic E-state index is 12.0. The van der Waals surface area contributed by atoms with Crippen molar-refractivity contribution in [2.75, 3.05) is 13.2 Å². The summed E-state index contributed by atoms with van der Waals surface area (Å²) in [5.74, 6) is 0.0961. The van der Waals surface area contributed by atoms with Crippen molar-refractivity contribution in [3.8, 4) is 5.75 Å². The van der Waals surface area contributed by atoms with Gasteiger partial charge in [0.1, 0.15) is 12.4 Å². The smallest absolute Gasteiger partial charge is 0.411 e. The van der Waals surface area contributed by atoms with Gasteiger partial charge in [-0.25, -0.2) is 0 Å². The lowest BCUT2D eigenvalue weighted by Gasteiger charge is -2.09. The van der Waals surface area contributed by atoms with Gasteiger partial charge < -0.3 is 14.8 Å². The summed E-state index contributed by atoms with van der Waals surface area (Å²) in [7, 11) is 0. The van der Waals surface area contributed by atoms with Gasteiger partial charge in [-0.2, -0.15) is 13.2 Å². The SMILES string of the molecule is CC(=O)c1ccc(OCC(=O)NCc2ccc(COCC(F)(F)F)cc2)cc1. The van der Waals surface area contributed by atoms with Crippen LogP contribution in [0, 0.1) is 0 Å². The van der Waals surface area contributed by atoms with Gasteiger partial charge in [-0.3, -0.25) is 9.59 Å². The number of ketones is 1. The number of rotatable bonds is 9. The molecule has 2 aromatic carbocycles. The van der Waals surface area contributed by atoms with E-state index in [1.54, 1.807) is 48.5 Å². The third kappa shape index (κ3) is 7.79. The van der Waals surface area contributed by atoms with E-state index < -0.39 is 12.8 Å². The first kappa shape index (κ1) is 21.4. The largest absolute Gasteiger partial charge is 0.484 e. The molecule has 0 unspecified atom stereocenters. The van der Waals surface area contributed by atoms with Crippen LogP contribution in [0.4, 0.5) is 13.2 Å². The molecule has 0 fully saturated rings. The zero-order chi connectivity index (χ0) is 20.6. The lowest BCUT2D eigenvalue weighted by Crippen LogP contribution is -2.28. The summed E-state index contributed by atoms with van der Waals surface area (Å²) in [5, 5.41) is 2.68. The molecule has 8 heteroatoms. The third-order valence-corrected chi connectivity index (χ3v) is 3.68. The van der Waals surface area contributed by atoms with Crippen molar-refractivity contribution in [1.29, 1.82) is 0 Å². The van der Waals surface area contributed by atoms with E-state index in [4.69, 9.17) is 4.74 Å². The van der Waals surface area contributed by atoms with E-state index in [0.717, 1.165) is 5.56 Å². The molecule has 0 atom stereocenters. The number of benzene rings is 2. The van der Waals surface area contributed by atoms with Crippen molar-refractivity contribution in [2.45, 2.75) is 26.3 Å². The minimum Gasteiger partial charge on any atom is -0.484 e. The summed E-state index contributed by atoms with van der Waals surface area (Å²) in [4.78, 5) is 23.0. The number of halogens is 3. The number of ether oxygens (including phenoxy) is 2. The Hall–Kier alpha value is -2.87. The molecule has 150 valence electrons. The van der Waals surface area contributed by atoms with E-state index in [2.05, 4.69) is 10.1 Å². The second-order valence-corrected chi connectivity index (χ2v) is 6.07. The Morgan fingerprint density at radius 3 is 2.14 bits per heavy atom. The molecule has 0 saturated carbocycles. The van der Waals surface area contributed by atoms with E-state index in [-0.39, 0.29) is 31.4 Å². The quantitative estimate of drug-likeness (QED) is 0.658. The summed E-state index contributed by atoms with van der Waals surface area (Å²) in [5.41, 5.74) is 1.96. The van der Waals surface area contributed by atoms with E-state index in [1.807, 2.05) is 0 Å². The summed E-state index contributed by atoms with van der Waals surface area (Å²) >= 11 is 0. The number of carbonyl (C=O) groups is 2. The second kappa shape index (κ2) is 9.89. The molecule has 0 aliphatic rings. The van der Waals surface area contributed by atoms with E-state index in [1.165, 1.54) is 6.92 Å². The van der Waals surface area contributed by atoms with Gasteiger partial charge in [-0.15, -0.1) is 0 Å². The molecule has 0 aromatic heterocycles. The normalized spacial score (nSPS) is 11.1. The molecule has 28 heavy (non-hydrogen) atoms. The molecule has 2 aromatic rings. The fourth-order valence-electron chi connectivity index (χ4n) is 2.22. The Balaban J connectivity index is 1.71. The molecule has 0 radical (unpaired) electrons. The predicted octanol–water partition coefficient (Wildman–Crippen LogP) is 3.66. The van der Waals surface area contributed by atoms with Crippen molar-refractivity contribution in [3.05, 3.63) is 65.2 Å². The van der Waals surface area contributed by atoms with Crippen LogP contribution < -0.4 is 10.1 Å². The topological polar surface area (TPSA) is 64.6 Å². The molecular weight excluding hydrogens is 375 g/mol. The van der Waals surface area contributed by atoms with Crippen molar-refractivity contribution < 1.29 is 32.2 Å². The minimum atomic E-state index is -4.35. The van der Waals surface area contributed by atoms with Gasteiger partial charge in [0.25, 0.3) is 5.91 Å². The highest BCUT2D eigenvalue weighted by Gasteiger charge is 2.27. The number of nitrogens with one attached hydrogen (secondary N) is 1. The molecule has 0 aliphatic heterocycles. The summed E-state index contributed by atoms with van der Waals surface area (Å²) in [6.45, 7) is 0.119. The van der Waals surface area contributed by atoms with E-state index in [0.29, 0.717) is 16.9 Å². The highest BCUT2D eigenvalue weighted by atomic mass is 19.4. The van der Waals surface area contributed by atoms with Crippen molar-refractivity contribution in [3.63, 3.8) is 0 Å². The van der Waals surface area contributed by atoms with Gasteiger partial charge in [0, 0.05) is 12.1 Å². The monoisotopic (exact) mass is 395 g/mol. The van der Waals surface area contributed by atoms with Crippen LogP contribution in [-0.4, -0.2) is 31.1 Å². The van der Waals surface area contributed by atoms with Crippen LogP contribution in [0.25, 0.3) is 0 Å². The molecule has 1 N–H and O–H groups in total. The van der Waals surface area contributed by atoms with Crippen LogP contribution in [-0.2, 0) is 22.7 Å². The fraction of sp³-hybridized carbons (Fsp3) is 0.300. The first-order chi connectivity index (χ1) is 13.2. The van der Waals surface area contributed by atoms with Crippen LogP contribution in [0.1, 0.15) is 28.4 Å². The zero-order valence-electron chi connectivity index (χ0n) is 15.2. The van der Waals surface area contributed by atoms with Gasteiger partial charge in [0.05, 0.1) is 6.61 Å². The van der Waals surface area contributed by atoms with Gasteiger partial charge in [-0.1, -0.05) is 24.3 Å². The highest BCUT2D eigenvalue weighted by molar-refractivity contribution is 5.94. The predicted molar refractivity (Wildman–Crippen MR) is 95.9 cm³/mol. The zero-order valence-corrected chi connectivity index (χ0v) is 15.2. The fourth-order valence-corrected chi connectivity index (χ4v) is 2.22. The highest BCUT2D eigenvalue weighted by Crippen LogP contribution is 2.16. The number of alkyl halides is 3. The standard InChI is InChI=1S/C20H20F3NO4/c1-14(25)17-6-8-18(9-7-17)28-12-19(26)24-10-15-2-4-16(5-3-15)11-27-13-20(21,22)23/h2-9H,10-13H2,1H3,(H,24,26). The number of Topliss-reactive ketones (excluding diaryl/α,β-unsaturated/α-hetero) is 1. The Morgan fingerprint density at radius 1 is 0.964 bits per heavy atom. The van der Waals surface area contributed by atoms with E-state index in [9.17, 15) is 22.8 Å². The summed E-state index contributed by atoms with van der Waals surface area (Å²) in [6, 6.07) is 13.2. The lowest BCUT2D eigenvalue weighted by atomic mass is 10.1. The molecule has 0 bridgehead atoms. The van der Waals surface area contributed by atoms with Crippen LogP contribution in [0.15, 0.2) is 48.5 Å². The van der Waals surface area contributed by atoms with Gasteiger partial charge in [0.2, 0.25) is 0 Å². The number of hydrogen-bond acceptors (Lipinski definition) is 4. The van der Waals surface area contributed by atoms with Crippen LogP contribution in [0.3, 0.4) is 0 Å². The van der Waals surface area contributed by atoms with Gasteiger partial charge in [-0.05, 0) is 42.3 Å². The third-order valence-electron chi connectivity index (χ3n) is 3.68. The van der Waals surface area contributed by atoms with Gasteiger partial charge >= 0.3 is 6.18 Å². The number of amides is 1. The first-order valence-electron chi connectivity index (χ1n) is 8.46. The molecule has 0 saturated heterocycles. The Labute approximate surface area is 160 Å². The van der Waals surface area contributed by atoms with Crippen molar-refractivity contribution in [2.24, 2.45) is 0 Å². The summed E-state index contributed by atoms with van der Waals surface area (Å²) in [6.07, 6.45) is -4.35. The second-order valence-electron chi connectivity index (χ2n) is 6.07. The Morgan fingerprint density at radius 2 is 1.57 bits per heavy atom. The first-order valence-corrected chi connectivity index (χ1v) is 8.46. The van der Waals surface area contributed by atoms with Crippen LogP contribution in [0.5, 0.6) is 5.75 Å². The maximum Gasteiger partial charge on any atom is 0.411 e.